The third kappa shape index (κ3) is 4.08. The summed E-state index contributed by atoms with van der Waals surface area (Å²) < 4.78 is 0. The van der Waals surface area contributed by atoms with Crippen molar-refractivity contribution in [2.24, 2.45) is 0 Å². The number of hydrogen-bond acceptors (Lipinski definition) is 3. The van der Waals surface area contributed by atoms with Gasteiger partial charge in [-0.2, -0.15) is 0 Å². The van der Waals surface area contributed by atoms with Gasteiger partial charge >= 0.3 is 35.5 Å². The zero-order valence-electron chi connectivity index (χ0n) is 7.76. The van der Waals surface area contributed by atoms with E-state index in [0.717, 1.165) is 19.5 Å². The molecule has 1 saturated heterocycles. The summed E-state index contributed by atoms with van der Waals surface area (Å²) in [6.07, 6.45) is 1.00. The van der Waals surface area contributed by atoms with Crippen molar-refractivity contribution < 1.29 is 40.9 Å². The summed E-state index contributed by atoms with van der Waals surface area (Å²) in [6, 6.07) is -0.400. The maximum atomic E-state index is 10.4. The maximum absolute atomic E-state index is 10.4. The predicted molar refractivity (Wildman–Crippen MR) is 38.0 cm³/mol. The van der Waals surface area contributed by atoms with E-state index in [1.54, 1.807) is 0 Å². The largest absolute Gasteiger partial charge is 1.00 e. The van der Waals surface area contributed by atoms with Crippen LogP contribution in [0.25, 0.3) is 0 Å². The Labute approximate surface area is 89.5 Å². The van der Waals surface area contributed by atoms with Crippen molar-refractivity contribution in [3.8, 4) is 0 Å². The average molecular weight is 168 g/mol. The van der Waals surface area contributed by atoms with Crippen molar-refractivity contribution in [3.05, 3.63) is 0 Å². The number of carboxylic acid groups (broad SMARTS) is 1. The van der Waals surface area contributed by atoms with Crippen LogP contribution in [0, 0.1) is 0 Å². The van der Waals surface area contributed by atoms with E-state index < -0.39 is 12.0 Å². The minimum Gasteiger partial charge on any atom is -1.00 e. The molecule has 3 N–H and O–H groups in total. The molecule has 0 aromatic rings. The fourth-order valence-corrected chi connectivity index (χ4v) is 0.983. The Morgan fingerprint density at radius 1 is 1.55 bits per heavy atom. The van der Waals surface area contributed by atoms with Crippen molar-refractivity contribution in [1.29, 1.82) is 0 Å². The van der Waals surface area contributed by atoms with E-state index in [0.29, 0.717) is 6.54 Å². The zero-order valence-corrected chi connectivity index (χ0v) is 8.76. The zero-order chi connectivity index (χ0) is 7.40. The Hall–Kier alpha value is 0.390. The van der Waals surface area contributed by atoms with Crippen molar-refractivity contribution in [3.63, 3.8) is 0 Å². The van der Waals surface area contributed by atoms with Gasteiger partial charge in [-0.1, -0.05) is 0 Å². The van der Waals surface area contributed by atoms with Crippen LogP contribution in [0.3, 0.4) is 0 Å². The van der Waals surface area contributed by atoms with Gasteiger partial charge in [0.15, 0.2) is 0 Å². The molecule has 11 heavy (non-hydrogen) atoms. The predicted octanol–water partition coefficient (Wildman–Crippen LogP) is -3.86. The van der Waals surface area contributed by atoms with Gasteiger partial charge in [0, 0.05) is 6.54 Å². The number of carboxylic acids is 1. The van der Waals surface area contributed by atoms with Gasteiger partial charge < -0.3 is 17.2 Å². The summed E-state index contributed by atoms with van der Waals surface area (Å²) in [5.74, 6) is -0.769. The fourth-order valence-electron chi connectivity index (χ4n) is 0.983. The van der Waals surface area contributed by atoms with Gasteiger partial charge in [-0.05, 0) is 19.5 Å². The van der Waals surface area contributed by atoms with Crippen LogP contribution < -0.4 is 40.2 Å². The number of aliphatic carboxylic acids is 1. The van der Waals surface area contributed by atoms with E-state index in [2.05, 4.69) is 10.6 Å². The molecular formula is C6H13N2NaO2. The molecule has 0 saturated carbocycles. The number of rotatable bonds is 1. The Bertz CT molecular complexity index is 129. The second kappa shape index (κ2) is 5.97. The summed E-state index contributed by atoms with van der Waals surface area (Å²) in [5.41, 5.74) is 0. The number of carbonyl (C=O) groups is 1. The number of nitrogens with one attached hydrogen (secondary N) is 2. The molecule has 1 aliphatic heterocycles. The molecule has 1 aliphatic rings. The number of hydrogen-bond donors (Lipinski definition) is 3. The molecule has 0 aliphatic carbocycles. The van der Waals surface area contributed by atoms with Crippen molar-refractivity contribution in [2.45, 2.75) is 12.5 Å². The summed E-state index contributed by atoms with van der Waals surface area (Å²) in [5, 5.41) is 14.5. The molecule has 1 fully saturated rings. The first-order valence-electron chi connectivity index (χ1n) is 3.47. The van der Waals surface area contributed by atoms with Crippen LogP contribution in [-0.4, -0.2) is 36.8 Å². The molecule has 1 unspecified atom stereocenters. The third-order valence-electron chi connectivity index (χ3n) is 1.57. The monoisotopic (exact) mass is 168 g/mol. The van der Waals surface area contributed by atoms with Crippen LogP contribution in [0.1, 0.15) is 7.85 Å². The van der Waals surface area contributed by atoms with Crippen LogP contribution in [-0.2, 0) is 4.79 Å². The first-order valence-corrected chi connectivity index (χ1v) is 3.47. The van der Waals surface area contributed by atoms with E-state index in [1.807, 2.05) is 0 Å². The van der Waals surface area contributed by atoms with E-state index in [1.165, 1.54) is 0 Å². The van der Waals surface area contributed by atoms with Gasteiger partial charge in [-0.3, -0.25) is 4.79 Å². The SMILES string of the molecule is O=C(O)C1CNCCCN1.[H-].[Na+]. The quantitative estimate of drug-likeness (QED) is 0.351. The minimum absolute atomic E-state index is 0. The topological polar surface area (TPSA) is 61.4 Å². The fraction of sp³-hybridized carbons (Fsp3) is 0.833. The molecule has 0 bridgehead atoms. The summed E-state index contributed by atoms with van der Waals surface area (Å²) in [7, 11) is 0. The molecule has 0 spiro atoms. The normalized spacial score (nSPS) is 24.9. The molecule has 1 heterocycles. The molecule has 0 aromatic carbocycles. The maximum Gasteiger partial charge on any atom is 1.00 e. The van der Waals surface area contributed by atoms with Crippen LogP contribution in [0.15, 0.2) is 0 Å². The second-order valence-corrected chi connectivity index (χ2v) is 2.40. The molecule has 60 valence electrons. The van der Waals surface area contributed by atoms with Crippen LogP contribution in [0.5, 0.6) is 0 Å². The average Bonchev–Trinajstić information content (AvgIpc) is 2.12. The molecule has 0 amide bonds. The van der Waals surface area contributed by atoms with Crippen molar-refractivity contribution >= 4 is 5.97 Å². The van der Waals surface area contributed by atoms with Gasteiger partial charge in [0.05, 0.1) is 0 Å². The Kier molecular flexibility index (Phi) is 6.18. The standard InChI is InChI=1S/C6H12N2O2.Na.H/c9-6(10)5-4-7-2-1-3-8-5;;/h5,7-8H,1-4H2,(H,9,10);;/q;+1;-1. The van der Waals surface area contributed by atoms with E-state index >= 15 is 0 Å². The molecule has 0 radical (unpaired) electrons. The van der Waals surface area contributed by atoms with Gasteiger partial charge in [-0.15, -0.1) is 0 Å². The first-order chi connectivity index (χ1) is 4.80. The molecule has 4 nitrogen and oxygen atoms in total. The molecule has 1 rings (SSSR count). The van der Waals surface area contributed by atoms with E-state index in [4.69, 9.17) is 5.11 Å². The van der Waals surface area contributed by atoms with Gasteiger partial charge in [0.25, 0.3) is 0 Å². The summed E-state index contributed by atoms with van der Waals surface area (Å²) >= 11 is 0. The second-order valence-electron chi connectivity index (χ2n) is 2.40. The molecule has 1 atom stereocenters. The Morgan fingerprint density at radius 3 is 2.91 bits per heavy atom. The van der Waals surface area contributed by atoms with E-state index in [9.17, 15) is 4.79 Å². The summed E-state index contributed by atoms with van der Waals surface area (Å²) in [6.45, 7) is 2.25. The van der Waals surface area contributed by atoms with Crippen LogP contribution in [0.2, 0.25) is 0 Å². The Balaban J connectivity index is 0. The molecule has 0 aromatic heterocycles. The van der Waals surface area contributed by atoms with Crippen LogP contribution >= 0.6 is 0 Å². The third-order valence-corrected chi connectivity index (χ3v) is 1.57. The first kappa shape index (κ1) is 11.4. The minimum atomic E-state index is -0.769. The van der Waals surface area contributed by atoms with Gasteiger partial charge in [0.1, 0.15) is 6.04 Å². The Morgan fingerprint density at radius 2 is 2.27 bits per heavy atom. The van der Waals surface area contributed by atoms with Crippen molar-refractivity contribution in [1.82, 2.24) is 10.6 Å². The smallest absolute Gasteiger partial charge is 1.00 e. The molecule has 5 heteroatoms. The van der Waals surface area contributed by atoms with Crippen molar-refractivity contribution in [2.75, 3.05) is 19.6 Å². The summed E-state index contributed by atoms with van der Waals surface area (Å²) in [4.78, 5) is 10.4. The van der Waals surface area contributed by atoms with Gasteiger partial charge in [-0.25, -0.2) is 0 Å². The van der Waals surface area contributed by atoms with Crippen LogP contribution in [0.4, 0.5) is 0 Å². The molecular weight excluding hydrogens is 155 g/mol. The van der Waals surface area contributed by atoms with Gasteiger partial charge in [0.2, 0.25) is 0 Å². The van der Waals surface area contributed by atoms with E-state index in [-0.39, 0.29) is 31.0 Å².